The third-order valence-corrected chi connectivity index (χ3v) is 4.72. The molecule has 0 amide bonds. The molecule has 0 aromatic heterocycles. The van der Waals surface area contributed by atoms with Crippen molar-refractivity contribution in [1.29, 1.82) is 0 Å². The number of hydrogen-bond donors (Lipinski definition) is 0. The number of ether oxygens (including phenoxy) is 1. The van der Waals surface area contributed by atoms with Crippen molar-refractivity contribution in [1.82, 2.24) is 0 Å². The second-order valence-electron chi connectivity index (χ2n) is 5.54. The minimum Gasteiger partial charge on any atom is -0.497 e. The van der Waals surface area contributed by atoms with Gasteiger partial charge in [0.15, 0.2) is 0 Å². The maximum absolute atomic E-state index is 5.23. The van der Waals surface area contributed by atoms with Gasteiger partial charge in [-0.25, -0.2) is 0 Å². The average molecular weight is 379 g/mol. The zero-order chi connectivity index (χ0) is 16.8. The quantitative estimate of drug-likeness (QED) is 0.508. The molecule has 0 bridgehead atoms. The van der Waals surface area contributed by atoms with Crippen molar-refractivity contribution in [2.45, 2.75) is 5.92 Å². The molecule has 0 radical (unpaired) electrons. The van der Waals surface area contributed by atoms with Crippen LogP contribution in [0.15, 0.2) is 91.0 Å². The molecule has 24 heavy (non-hydrogen) atoms. The van der Waals surface area contributed by atoms with Gasteiger partial charge in [-0.2, -0.15) is 0 Å². The van der Waals surface area contributed by atoms with Crippen molar-refractivity contribution in [3.63, 3.8) is 0 Å². The monoisotopic (exact) mass is 378 g/mol. The Kier molecular flexibility index (Phi) is 5.50. The third-order valence-electron chi connectivity index (χ3n) is 4.00. The SMILES string of the molecule is COc1ccc(/C(Br)=C\C(c2ccccc2)c2ccccc2)cc1. The standard InChI is InChI=1S/C22H19BrO/c1-24-20-14-12-19(13-15-20)22(23)16-21(17-8-4-2-5-9-17)18-10-6-3-7-11-18/h2-16,21H,1H3/b22-16+. The molecule has 0 saturated carbocycles. The van der Waals surface area contributed by atoms with Crippen molar-refractivity contribution >= 4 is 20.4 Å². The number of methoxy groups -OCH3 is 1. The summed E-state index contributed by atoms with van der Waals surface area (Å²) in [5.41, 5.74) is 3.68. The van der Waals surface area contributed by atoms with E-state index in [-0.39, 0.29) is 5.92 Å². The molecule has 2 heteroatoms. The van der Waals surface area contributed by atoms with Crippen LogP contribution >= 0.6 is 15.9 Å². The molecule has 1 nitrogen and oxygen atoms in total. The van der Waals surface area contributed by atoms with Gasteiger partial charge in [-0.1, -0.05) is 94.8 Å². The van der Waals surface area contributed by atoms with Crippen LogP contribution in [0.5, 0.6) is 5.75 Å². The van der Waals surface area contributed by atoms with Crippen LogP contribution in [0, 0.1) is 0 Å². The van der Waals surface area contributed by atoms with Crippen molar-refractivity contribution in [3.05, 3.63) is 108 Å². The van der Waals surface area contributed by atoms with Gasteiger partial charge in [-0.3, -0.25) is 0 Å². The van der Waals surface area contributed by atoms with E-state index < -0.39 is 0 Å². The first kappa shape index (κ1) is 16.5. The highest BCUT2D eigenvalue weighted by Gasteiger charge is 2.12. The van der Waals surface area contributed by atoms with Gasteiger partial charge in [-0.05, 0) is 28.8 Å². The Labute approximate surface area is 151 Å². The fraction of sp³-hybridized carbons (Fsp3) is 0.0909. The van der Waals surface area contributed by atoms with E-state index >= 15 is 0 Å². The fourth-order valence-corrected chi connectivity index (χ4v) is 3.23. The lowest BCUT2D eigenvalue weighted by atomic mass is 9.90. The van der Waals surface area contributed by atoms with Gasteiger partial charge in [0, 0.05) is 10.4 Å². The van der Waals surface area contributed by atoms with E-state index in [0.717, 1.165) is 15.8 Å². The van der Waals surface area contributed by atoms with E-state index in [1.54, 1.807) is 7.11 Å². The topological polar surface area (TPSA) is 9.23 Å². The van der Waals surface area contributed by atoms with Gasteiger partial charge in [0.05, 0.1) is 7.11 Å². The molecule has 0 aliphatic heterocycles. The normalized spacial score (nSPS) is 11.5. The summed E-state index contributed by atoms with van der Waals surface area (Å²) in [7, 11) is 1.68. The van der Waals surface area contributed by atoms with Crippen LogP contribution in [0.4, 0.5) is 0 Å². The second-order valence-corrected chi connectivity index (χ2v) is 6.40. The minimum atomic E-state index is 0.198. The molecule has 3 rings (SSSR count). The van der Waals surface area contributed by atoms with E-state index in [9.17, 15) is 0 Å². The van der Waals surface area contributed by atoms with Gasteiger partial charge < -0.3 is 4.74 Å². The molecule has 0 atom stereocenters. The molecule has 0 spiro atoms. The Morgan fingerprint density at radius 3 is 1.75 bits per heavy atom. The number of hydrogen-bond acceptors (Lipinski definition) is 1. The summed E-state index contributed by atoms with van der Waals surface area (Å²) in [6, 6.07) is 29.2. The lowest BCUT2D eigenvalue weighted by molar-refractivity contribution is 0.415. The van der Waals surface area contributed by atoms with Crippen LogP contribution in [-0.4, -0.2) is 7.11 Å². The van der Waals surface area contributed by atoms with E-state index in [4.69, 9.17) is 4.74 Å². The van der Waals surface area contributed by atoms with E-state index in [1.165, 1.54) is 11.1 Å². The van der Waals surface area contributed by atoms with Crippen molar-refractivity contribution < 1.29 is 4.74 Å². The Hall–Kier alpha value is -2.32. The predicted molar refractivity (Wildman–Crippen MR) is 105 cm³/mol. The molecule has 0 heterocycles. The van der Waals surface area contributed by atoms with Crippen molar-refractivity contribution in [2.24, 2.45) is 0 Å². The van der Waals surface area contributed by atoms with E-state index in [1.807, 2.05) is 24.3 Å². The van der Waals surface area contributed by atoms with E-state index in [0.29, 0.717) is 0 Å². The zero-order valence-electron chi connectivity index (χ0n) is 13.5. The van der Waals surface area contributed by atoms with Crippen LogP contribution in [-0.2, 0) is 0 Å². The first-order valence-corrected chi connectivity index (χ1v) is 8.69. The summed E-state index contributed by atoms with van der Waals surface area (Å²) in [5.74, 6) is 1.06. The average Bonchev–Trinajstić information content (AvgIpc) is 2.67. The Morgan fingerprint density at radius 1 is 0.792 bits per heavy atom. The van der Waals surface area contributed by atoms with Gasteiger partial charge in [0.1, 0.15) is 5.75 Å². The van der Waals surface area contributed by atoms with Crippen LogP contribution in [0.25, 0.3) is 4.48 Å². The Balaban J connectivity index is 1.99. The van der Waals surface area contributed by atoms with Crippen LogP contribution in [0.3, 0.4) is 0 Å². The first-order valence-electron chi connectivity index (χ1n) is 7.89. The smallest absolute Gasteiger partial charge is 0.118 e. The highest BCUT2D eigenvalue weighted by molar-refractivity contribution is 9.15. The molecular weight excluding hydrogens is 360 g/mol. The van der Waals surface area contributed by atoms with Gasteiger partial charge in [-0.15, -0.1) is 0 Å². The fourth-order valence-electron chi connectivity index (χ4n) is 2.70. The summed E-state index contributed by atoms with van der Waals surface area (Å²) < 4.78 is 6.31. The van der Waals surface area contributed by atoms with Gasteiger partial charge in [0.25, 0.3) is 0 Å². The van der Waals surface area contributed by atoms with Crippen LogP contribution < -0.4 is 4.74 Å². The van der Waals surface area contributed by atoms with Crippen molar-refractivity contribution in [3.8, 4) is 5.75 Å². The summed E-state index contributed by atoms with van der Waals surface area (Å²) in [6.07, 6.45) is 2.26. The summed E-state index contributed by atoms with van der Waals surface area (Å²) in [5, 5.41) is 0. The van der Waals surface area contributed by atoms with Gasteiger partial charge in [0.2, 0.25) is 0 Å². The highest BCUT2D eigenvalue weighted by Crippen LogP contribution is 2.32. The van der Waals surface area contributed by atoms with E-state index in [2.05, 4.69) is 82.7 Å². The summed E-state index contributed by atoms with van der Waals surface area (Å²) in [4.78, 5) is 0. The molecule has 3 aromatic carbocycles. The molecule has 0 aliphatic carbocycles. The molecule has 0 unspecified atom stereocenters. The maximum atomic E-state index is 5.23. The summed E-state index contributed by atoms with van der Waals surface area (Å²) in [6.45, 7) is 0. The molecule has 0 aliphatic rings. The lowest BCUT2D eigenvalue weighted by Gasteiger charge is -2.15. The first-order chi connectivity index (χ1) is 11.8. The molecule has 0 N–H and O–H groups in total. The van der Waals surface area contributed by atoms with Gasteiger partial charge >= 0.3 is 0 Å². The zero-order valence-corrected chi connectivity index (χ0v) is 15.1. The number of rotatable bonds is 5. The second kappa shape index (κ2) is 7.98. The van der Waals surface area contributed by atoms with Crippen LogP contribution in [0.2, 0.25) is 0 Å². The molecule has 120 valence electrons. The molecule has 3 aromatic rings. The van der Waals surface area contributed by atoms with Crippen LogP contribution in [0.1, 0.15) is 22.6 Å². The third kappa shape index (κ3) is 3.95. The number of benzene rings is 3. The van der Waals surface area contributed by atoms with Crippen molar-refractivity contribution in [2.75, 3.05) is 7.11 Å². The summed E-state index contributed by atoms with van der Waals surface area (Å²) >= 11 is 3.75. The Bertz CT molecular complexity index is 753. The molecule has 0 saturated heterocycles. The molecule has 0 fully saturated rings. The highest BCUT2D eigenvalue weighted by atomic mass is 79.9. The molecular formula is C22H19BrO. The lowest BCUT2D eigenvalue weighted by Crippen LogP contribution is -1.98. The number of halogens is 1. The maximum Gasteiger partial charge on any atom is 0.118 e. The largest absolute Gasteiger partial charge is 0.497 e. The predicted octanol–water partition coefficient (Wildman–Crippen LogP) is 6.26. The Morgan fingerprint density at radius 2 is 1.29 bits per heavy atom. The minimum absolute atomic E-state index is 0.198. The number of allylic oxidation sites excluding steroid dienone is 1.